The van der Waals surface area contributed by atoms with Crippen molar-refractivity contribution in [2.75, 3.05) is 19.0 Å². The van der Waals surface area contributed by atoms with Crippen molar-refractivity contribution in [3.63, 3.8) is 0 Å². The molecule has 0 radical (unpaired) electrons. The molecular formula is C17H14ClFN2O4. The molecule has 1 N–H and O–H groups in total. The van der Waals surface area contributed by atoms with Crippen LogP contribution < -0.4 is 10.1 Å². The fourth-order valence-corrected chi connectivity index (χ4v) is 1.97. The van der Waals surface area contributed by atoms with Gasteiger partial charge in [0.25, 0.3) is 5.91 Å². The lowest BCUT2D eigenvalue weighted by molar-refractivity contribution is -0.142. The second kappa shape index (κ2) is 8.79. The normalized spacial score (nSPS) is 10.5. The van der Waals surface area contributed by atoms with E-state index in [0.29, 0.717) is 11.3 Å². The maximum absolute atomic E-state index is 13.5. The van der Waals surface area contributed by atoms with E-state index in [9.17, 15) is 14.0 Å². The maximum atomic E-state index is 13.5. The molecular weight excluding hydrogens is 351 g/mol. The highest BCUT2D eigenvalue weighted by atomic mass is 35.5. The molecule has 2 aromatic rings. The van der Waals surface area contributed by atoms with E-state index >= 15 is 0 Å². The number of ether oxygens (including phenoxy) is 2. The van der Waals surface area contributed by atoms with E-state index in [4.69, 9.17) is 21.1 Å². The van der Waals surface area contributed by atoms with Crippen LogP contribution in [0.4, 0.5) is 10.1 Å². The summed E-state index contributed by atoms with van der Waals surface area (Å²) in [5.41, 5.74) is 0.760. The van der Waals surface area contributed by atoms with Gasteiger partial charge in [-0.1, -0.05) is 17.7 Å². The van der Waals surface area contributed by atoms with Gasteiger partial charge in [0.2, 0.25) is 0 Å². The maximum Gasteiger partial charge on any atom is 0.331 e. The summed E-state index contributed by atoms with van der Waals surface area (Å²) in [6, 6.07) is 7.38. The number of rotatable bonds is 6. The SMILES string of the molecule is COc1ccc(/C=C/C(=O)OCC(=O)Nc2cccnc2Cl)cc1F. The minimum atomic E-state index is -0.747. The van der Waals surface area contributed by atoms with Crippen molar-refractivity contribution in [3.8, 4) is 5.75 Å². The Hall–Kier alpha value is -2.93. The van der Waals surface area contributed by atoms with Gasteiger partial charge in [-0.05, 0) is 35.9 Å². The van der Waals surface area contributed by atoms with Gasteiger partial charge in [-0.15, -0.1) is 0 Å². The zero-order chi connectivity index (χ0) is 18.2. The number of carbonyl (C=O) groups is 2. The number of aromatic nitrogens is 1. The van der Waals surface area contributed by atoms with Crippen LogP contribution in [0.25, 0.3) is 6.08 Å². The number of methoxy groups -OCH3 is 1. The highest BCUT2D eigenvalue weighted by molar-refractivity contribution is 6.32. The third-order valence-corrected chi connectivity index (χ3v) is 3.27. The van der Waals surface area contributed by atoms with Gasteiger partial charge in [-0.3, -0.25) is 4.79 Å². The number of hydrogen-bond donors (Lipinski definition) is 1. The third-order valence-electron chi connectivity index (χ3n) is 2.97. The number of esters is 1. The first-order valence-electron chi connectivity index (χ1n) is 7.08. The second-order valence-electron chi connectivity index (χ2n) is 4.72. The zero-order valence-corrected chi connectivity index (χ0v) is 13.9. The standard InChI is InChI=1S/C17H14ClFN2O4/c1-24-14-6-4-11(9-12(14)19)5-7-16(23)25-10-15(22)21-13-3-2-8-20-17(13)18/h2-9H,10H2,1H3,(H,21,22)/b7-5+. The first-order valence-corrected chi connectivity index (χ1v) is 7.46. The minimum absolute atomic E-state index is 0.102. The molecule has 8 heteroatoms. The van der Waals surface area contributed by atoms with Crippen LogP contribution in [0.2, 0.25) is 5.15 Å². The number of pyridine rings is 1. The first-order chi connectivity index (χ1) is 12.0. The van der Waals surface area contributed by atoms with Crippen LogP contribution >= 0.6 is 11.6 Å². The number of benzene rings is 1. The molecule has 130 valence electrons. The van der Waals surface area contributed by atoms with E-state index in [1.54, 1.807) is 18.2 Å². The van der Waals surface area contributed by atoms with Gasteiger partial charge < -0.3 is 14.8 Å². The largest absolute Gasteiger partial charge is 0.494 e. The number of nitrogens with one attached hydrogen (secondary N) is 1. The van der Waals surface area contributed by atoms with Gasteiger partial charge in [0.1, 0.15) is 0 Å². The van der Waals surface area contributed by atoms with Crippen molar-refractivity contribution < 1.29 is 23.5 Å². The molecule has 0 saturated carbocycles. The average Bonchev–Trinajstić information content (AvgIpc) is 2.60. The van der Waals surface area contributed by atoms with Gasteiger partial charge in [0.05, 0.1) is 12.8 Å². The van der Waals surface area contributed by atoms with Crippen LogP contribution in [0.1, 0.15) is 5.56 Å². The first kappa shape index (κ1) is 18.4. The summed E-state index contributed by atoms with van der Waals surface area (Å²) in [6.07, 6.45) is 3.93. The zero-order valence-electron chi connectivity index (χ0n) is 13.2. The van der Waals surface area contributed by atoms with E-state index in [2.05, 4.69) is 10.3 Å². The van der Waals surface area contributed by atoms with Crippen LogP contribution in [-0.2, 0) is 14.3 Å². The van der Waals surface area contributed by atoms with Gasteiger partial charge >= 0.3 is 5.97 Å². The molecule has 0 atom stereocenters. The Balaban J connectivity index is 1.85. The lowest BCUT2D eigenvalue weighted by Gasteiger charge is -2.06. The molecule has 0 aliphatic heterocycles. The van der Waals surface area contributed by atoms with Crippen LogP contribution in [0.5, 0.6) is 5.75 Å². The van der Waals surface area contributed by atoms with Crippen LogP contribution in [0.3, 0.4) is 0 Å². The van der Waals surface area contributed by atoms with Crippen molar-refractivity contribution in [2.24, 2.45) is 0 Å². The Labute approximate surface area is 148 Å². The number of anilines is 1. The van der Waals surface area contributed by atoms with Gasteiger partial charge in [0, 0.05) is 12.3 Å². The predicted octanol–water partition coefficient (Wildman–Crippen LogP) is 3.08. The van der Waals surface area contributed by atoms with Crippen LogP contribution in [0, 0.1) is 5.82 Å². The molecule has 0 unspecified atom stereocenters. The van der Waals surface area contributed by atoms with E-state index < -0.39 is 24.3 Å². The molecule has 6 nitrogen and oxygen atoms in total. The van der Waals surface area contributed by atoms with Gasteiger partial charge in [-0.25, -0.2) is 14.2 Å². The summed E-state index contributed by atoms with van der Waals surface area (Å²) >= 11 is 5.80. The topological polar surface area (TPSA) is 77.5 Å². The molecule has 0 aliphatic carbocycles. The van der Waals surface area contributed by atoms with E-state index in [1.807, 2.05) is 0 Å². The van der Waals surface area contributed by atoms with Crippen molar-refractivity contribution >= 4 is 35.2 Å². The highest BCUT2D eigenvalue weighted by Crippen LogP contribution is 2.18. The summed E-state index contributed by atoms with van der Waals surface area (Å²) in [7, 11) is 1.36. The van der Waals surface area contributed by atoms with Crippen molar-refractivity contribution in [1.82, 2.24) is 4.98 Å². The molecule has 25 heavy (non-hydrogen) atoms. The number of halogens is 2. The highest BCUT2D eigenvalue weighted by Gasteiger charge is 2.08. The van der Waals surface area contributed by atoms with Gasteiger partial charge in [0.15, 0.2) is 23.3 Å². The van der Waals surface area contributed by atoms with Crippen LogP contribution in [-0.4, -0.2) is 30.6 Å². The molecule has 0 saturated heterocycles. The monoisotopic (exact) mass is 364 g/mol. The Kier molecular flexibility index (Phi) is 6.47. The molecule has 0 spiro atoms. The van der Waals surface area contributed by atoms with Crippen LogP contribution in [0.15, 0.2) is 42.6 Å². The molecule has 1 amide bonds. The fraction of sp³-hybridized carbons (Fsp3) is 0.118. The average molecular weight is 365 g/mol. The van der Waals surface area contributed by atoms with Crippen molar-refractivity contribution in [1.29, 1.82) is 0 Å². The molecule has 1 aromatic carbocycles. The van der Waals surface area contributed by atoms with E-state index in [1.165, 1.54) is 31.5 Å². The Morgan fingerprint density at radius 2 is 2.16 bits per heavy atom. The Morgan fingerprint density at radius 1 is 1.36 bits per heavy atom. The summed E-state index contributed by atoms with van der Waals surface area (Å²) in [5.74, 6) is -1.76. The number of carbonyl (C=O) groups excluding carboxylic acids is 2. The van der Waals surface area contributed by atoms with E-state index in [-0.39, 0.29) is 10.9 Å². The van der Waals surface area contributed by atoms with Gasteiger partial charge in [-0.2, -0.15) is 0 Å². The summed E-state index contributed by atoms with van der Waals surface area (Å²) in [4.78, 5) is 27.1. The smallest absolute Gasteiger partial charge is 0.331 e. The Bertz CT molecular complexity index is 811. The summed E-state index contributed by atoms with van der Waals surface area (Å²) in [5, 5.41) is 2.59. The molecule has 0 fully saturated rings. The van der Waals surface area contributed by atoms with Crippen molar-refractivity contribution in [3.05, 3.63) is 59.1 Å². The summed E-state index contributed by atoms with van der Waals surface area (Å²) in [6.45, 7) is -0.495. The summed E-state index contributed by atoms with van der Waals surface area (Å²) < 4.78 is 23.1. The Morgan fingerprint density at radius 3 is 2.84 bits per heavy atom. The minimum Gasteiger partial charge on any atom is -0.494 e. The lowest BCUT2D eigenvalue weighted by atomic mass is 10.2. The van der Waals surface area contributed by atoms with Crippen molar-refractivity contribution in [2.45, 2.75) is 0 Å². The molecule has 0 aliphatic rings. The number of hydrogen-bond acceptors (Lipinski definition) is 5. The molecule has 2 rings (SSSR count). The quantitative estimate of drug-likeness (QED) is 0.484. The molecule has 1 heterocycles. The lowest BCUT2D eigenvalue weighted by Crippen LogP contribution is -2.20. The predicted molar refractivity (Wildman–Crippen MR) is 90.8 cm³/mol. The number of amides is 1. The third kappa shape index (κ3) is 5.58. The molecule has 1 aromatic heterocycles. The number of nitrogens with zero attached hydrogens (tertiary/aromatic N) is 1. The second-order valence-corrected chi connectivity index (χ2v) is 5.08. The molecule has 0 bridgehead atoms. The van der Waals surface area contributed by atoms with E-state index in [0.717, 1.165) is 6.08 Å². The fourth-order valence-electron chi connectivity index (χ4n) is 1.80.